The minimum absolute atomic E-state index is 0.212. The number of anilines is 1. The van der Waals surface area contributed by atoms with E-state index in [1.165, 1.54) is 18.0 Å². The third kappa shape index (κ3) is 3.64. The van der Waals surface area contributed by atoms with Gasteiger partial charge in [-0.3, -0.25) is 9.58 Å². The number of halogens is 1. The lowest BCUT2D eigenvalue weighted by molar-refractivity contribution is -0.116. The molecule has 1 spiro atoms. The Labute approximate surface area is 146 Å². The van der Waals surface area contributed by atoms with Gasteiger partial charge < -0.3 is 9.64 Å². The average Bonchev–Trinajstić information content (AvgIpc) is 3.00. The molecule has 1 atom stereocenters. The quantitative estimate of drug-likeness (QED) is 0.833. The molecule has 0 aromatic carbocycles. The van der Waals surface area contributed by atoms with E-state index in [1.54, 1.807) is 0 Å². The summed E-state index contributed by atoms with van der Waals surface area (Å²) in [5.74, 6) is 0.167. The Bertz CT molecular complexity index is 716. The van der Waals surface area contributed by atoms with Crippen molar-refractivity contribution in [2.75, 3.05) is 37.7 Å². The highest BCUT2D eigenvalue weighted by Gasteiger charge is 2.41. The highest BCUT2D eigenvalue weighted by Crippen LogP contribution is 2.31. The highest BCUT2D eigenvalue weighted by atomic mass is 19.1. The molecule has 1 unspecified atom stereocenters. The van der Waals surface area contributed by atoms with Crippen LogP contribution in [0.3, 0.4) is 0 Å². The topological polar surface area (TPSA) is 59.3 Å². The van der Waals surface area contributed by atoms with Crippen molar-refractivity contribution in [3.63, 3.8) is 0 Å². The van der Waals surface area contributed by atoms with E-state index >= 15 is 0 Å². The summed E-state index contributed by atoms with van der Waals surface area (Å²) < 4.78 is 21.1. The van der Waals surface area contributed by atoms with Gasteiger partial charge in [0.1, 0.15) is 0 Å². The van der Waals surface area contributed by atoms with Gasteiger partial charge in [0.05, 0.1) is 37.3 Å². The second-order valence-electron chi connectivity index (χ2n) is 6.99. The van der Waals surface area contributed by atoms with E-state index in [9.17, 15) is 4.39 Å². The molecule has 2 aromatic heterocycles. The third-order valence-electron chi connectivity index (χ3n) is 4.92. The molecule has 2 fully saturated rings. The standard InChI is InChI=1S/C17H23FN6O/c1-22-10-14(7-21-22)11-23-5-6-25-17(12-23)3-2-4-24(13-17)16-19-8-15(18)9-20-16/h7-10H,2-6,11-13H2,1H3. The van der Waals surface area contributed by atoms with Gasteiger partial charge in [-0.25, -0.2) is 14.4 Å². The monoisotopic (exact) mass is 346 g/mol. The van der Waals surface area contributed by atoms with Crippen molar-refractivity contribution in [2.24, 2.45) is 7.05 Å². The number of aromatic nitrogens is 4. The second-order valence-corrected chi connectivity index (χ2v) is 6.99. The molecule has 2 aromatic rings. The molecular weight excluding hydrogens is 323 g/mol. The summed E-state index contributed by atoms with van der Waals surface area (Å²) in [6.07, 6.45) is 8.46. The van der Waals surface area contributed by atoms with E-state index in [0.29, 0.717) is 5.95 Å². The van der Waals surface area contributed by atoms with Crippen LogP contribution < -0.4 is 4.90 Å². The molecule has 0 radical (unpaired) electrons. The Balaban J connectivity index is 1.45. The summed E-state index contributed by atoms with van der Waals surface area (Å²) in [4.78, 5) is 12.8. The first kappa shape index (κ1) is 16.4. The van der Waals surface area contributed by atoms with Crippen LogP contribution in [0.1, 0.15) is 18.4 Å². The van der Waals surface area contributed by atoms with Gasteiger partial charge in [0, 0.05) is 45.0 Å². The molecule has 7 nitrogen and oxygen atoms in total. The highest BCUT2D eigenvalue weighted by molar-refractivity contribution is 5.31. The summed E-state index contributed by atoms with van der Waals surface area (Å²) in [7, 11) is 1.94. The molecule has 2 saturated heterocycles. The van der Waals surface area contributed by atoms with Gasteiger partial charge in [0.2, 0.25) is 5.95 Å². The SMILES string of the molecule is Cn1cc(CN2CCOC3(CCCN(c4ncc(F)cn4)C3)C2)cn1. The summed E-state index contributed by atoms with van der Waals surface area (Å²) in [5.41, 5.74) is 1.00. The Morgan fingerprint density at radius 2 is 2.04 bits per heavy atom. The lowest BCUT2D eigenvalue weighted by Crippen LogP contribution is -2.59. The van der Waals surface area contributed by atoms with E-state index in [2.05, 4.69) is 31.1 Å². The number of morpholine rings is 1. The average molecular weight is 346 g/mol. The number of hydrogen-bond donors (Lipinski definition) is 0. The third-order valence-corrected chi connectivity index (χ3v) is 4.92. The first-order valence-electron chi connectivity index (χ1n) is 8.68. The van der Waals surface area contributed by atoms with Gasteiger partial charge in [-0.05, 0) is 12.8 Å². The van der Waals surface area contributed by atoms with Crippen LogP contribution in [0.4, 0.5) is 10.3 Å². The minimum atomic E-state index is -0.410. The van der Waals surface area contributed by atoms with Crippen molar-refractivity contribution in [2.45, 2.75) is 25.0 Å². The zero-order valence-corrected chi connectivity index (χ0v) is 14.4. The molecule has 0 aliphatic carbocycles. The Morgan fingerprint density at radius 1 is 1.20 bits per heavy atom. The maximum Gasteiger partial charge on any atom is 0.225 e. The van der Waals surface area contributed by atoms with Crippen molar-refractivity contribution in [1.82, 2.24) is 24.6 Å². The van der Waals surface area contributed by atoms with E-state index in [-0.39, 0.29) is 5.60 Å². The zero-order chi connectivity index (χ0) is 17.3. The van der Waals surface area contributed by atoms with Crippen LogP contribution in [0, 0.1) is 5.82 Å². The fourth-order valence-electron chi connectivity index (χ4n) is 3.85. The normalized spacial score (nSPS) is 24.8. The van der Waals surface area contributed by atoms with Crippen LogP contribution in [-0.4, -0.2) is 63.0 Å². The molecule has 2 aliphatic heterocycles. The van der Waals surface area contributed by atoms with Crippen LogP contribution in [0.25, 0.3) is 0 Å². The minimum Gasteiger partial charge on any atom is -0.370 e. The van der Waals surface area contributed by atoms with Crippen LogP contribution in [0.15, 0.2) is 24.8 Å². The number of ether oxygens (including phenoxy) is 1. The molecular formula is C17H23FN6O. The molecule has 25 heavy (non-hydrogen) atoms. The van der Waals surface area contributed by atoms with Crippen molar-refractivity contribution < 1.29 is 9.13 Å². The number of hydrogen-bond acceptors (Lipinski definition) is 6. The fraction of sp³-hybridized carbons (Fsp3) is 0.588. The van der Waals surface area contributed by atoms with Crippen molar-refractivity contribution >= 4 is 5.95 Å². The number of nitrogens with zero attached hydrogens (tertiary/aromatic N) is 6. The number of piperidine rings is 1. The largest absolute Gasteiger partial charge is 0.370 e. The van der Waals surface area contributed by atoms with E-state index in [1.807, 2.05) is 17.9 Å². The molecule has 4 heterocycles. The summed E-state index contributed by atoms with van der Waals surface area (Å²) in [6.45, 7) is 5.01. The van der Waals surface area contributed by atoms with Crippen molar-refractivity contribution in [3.8, 4) is 0 Å². The molecule has 0 amide bonds. The molecule has 0 N–H and O–H groups in total. The molecule has 8 heteroatoms. The molecule has 4 rings (SSSR count). The molecule has 0 bridgehead atoms. The number of rotatable bonds is 3. The Hall–Kier alpha value is -2.06. The summed E-state index contributed by atoms with van der Waals surface area (Å²) >= 11 is 0. The van der Waals surface area contributed by atoms with E-state index < -0.39 is 5.82 Å². The summed E-state index contributed by atoms with van der Waals surface area (Å²) in [5, 5.41) is 4.25. The van der Waals surface area contributed by atoms with Crippen LogP contribution >= 0.6 is 0 Å². The predicted molar refractivity (Wildman–Crippen MR) is 90.6 cm³/mol. The van der Waals surface area contributed by atoms with Gasteiger partial charge >= 0.3 is 0 Å². The van der Waals surface area contributed by atoms with Gasteiger partial charge in [0.15, 0.2) is 5.82 Å². The van der Waals surface area contributed by atoms with Crippen molar-refractivity contribution in [1.29, 1.82) is 0 Å². The van der Waals surface area contributed by atoms with Gasteiger partial charge in [-0.1, -0.05) is 0 Å². The maximum absolute atomic E-state index is 13.1. The van der Waals surface area contributed by atoms with E-state index in [4.69, 9.17) is 4.74 Å². The predicted octanol–water partition coefficient (Wildman–Crippen LogP) is 1.22. The number of aryl methyl sites for hydroxylation is 1. The first-order chi connectivity index (χ1) is 12.1. The molecule has 2 aliphatic rings. The van der Waals surface area contributed by atoms with Gasteiger partial charge in [0.25, 0.3) is 0 Å². The first-order valence-corrected chi connectivity index (χ1v) is 8.68. The Morgan fingerprint density at radius 3 is 2.80 bits per heavy atom. The van der Waals surface area contributed by atoms with Gasteiger partial charge in [-0.15, -0.1) is 0 Å². The second kappa shape index (κ2) is 6.68. The lowest BCUT2D eigenvalue weighted by atomic mass is 9.90. The zero-order valence-electron chi connectivity index (χ0n) is 14.4. The van der Waals surface area contributed by atoms with E-state index in [0.717, 1.165) is 52.2 Å². The smallest absolute Gasteiger partial charge is 0.225 e. The molecule has 0 saturated carbocycles. The molecule has 134 valence electrons. The lowest BCUT2D eigenvalue weighted by Gasteiger charge is -2.48. The van der Waals surface area contributed by atoms with Crippen LogP contribution in [0.2, 0.25) is 0 Å². The Kier molecular flexibility index (Phi) is 4.39. The van der Waals surface area contributed by atoms with Gasteiger partial charge in [-0.2, -0.15) is 5.10 Å². The van der Waals surface area contributed by atoms with Crippen molar-refractivity contribution in [3.05, 3.63) is 36.2 Å². The van der Waals surface area contributed by atoms with Crippen LogP contribution in [0.5, 0.6) is 0 Å². The summed E-state index contributed by atoms with van der Waals surface area (Å²) in [6, 6.07) is 0. The maximum atomic E-state index is 13.1. The fourth-order valence-corrected chi connectivity index (χ4v) is 3.85. The van der Waals surface area contributed by atoms with Crippen LogP contribution in [-0.2, 0) is 18.3 Å².